The Kier molecular flexibility index (Phi) is 8.09. The number of benzene rings is 2. The topological polar surface area (TPSA) is 40.6 Å². The van der Waals surface area contributed by atoms with Crippen LogP contribution in [0.15, 0.2) is 66.0 Å². The summed E-state index contributed by atoms with van der Waals surface area (Å²) in [5, 5.41) is 1.88. The zero-order chi connectivity index (χ0) is 24.9. The zero-order valence-corrected chi connectivity index (χ0v) is 19.5. The molecular weight excluding hydrogens is 468 g/mol. The summed E-state index contributed by atoms with van der Waals surface area (Å²) in [5.41, 5.74) is -0.352. The lowest BCUT2D eigenvalue weighted by Gasteiger charge is -2.30. The van der Waals surface area contributed by atoms with Gasteiger partial charge in [-0.2, -0.15) is 13.2 Å². The molecule has 0 fully saturated rings. The Hall–Kier alpha value is -3.20. The van der Waals surface area contributed by atoms with Crippen LogP contribution in [0, 0.1) is 5.82 Å². The fraction of sp³-hybridized carbons (Fsp3) is 0.280. The monoisotopic (exact) mass is 492 g/mol. The van der Waals surface area contributed by atoms with Gasteiger partial charge in [-0.15, -0.1) is 11.3 Å². The largest absolute Gasteiger partial charge is 0.416 e. The first-order valence-corrected chi connectivity index (χ1v) is 11.5. The van der Waals surface area contributed by atoms with Crippen LogP contribution >= 0.6 is 11.3 Å². The number of nitrogens with zero attached hydrogens (tertiary/aromatic N) is 2. The Labute approximate surface area is 199 Å². The van der Waals surface area contributed by atoms with Gasteiger partial charge in [-0.1, -0.05) is 24.3 Å². The molecule has 3 rings (SSSR count). The maximum Gasteiger partial charge on any atom is 0.416 e. The lowest BCUT2D eigenvalue weighted by molar-refractivity contribution is -0.137. The third-order valence-corrected chi connectivity index (χ3v) is 6.05. The molecule has 2 amide bonds. The Morgan fingerprint density at radius 2 is 1.68 bits per heavy atom. The molecule has 34 heavy (non-hydrogen) atoms. The van der Waals surface area contributed by atoms with Gasteiger partial charge < -0.3 is 9.80 Å². The first kappa shape index (κ1) is 25.4. The molecule has 0 atom stereocenters. The summed E-state index contributed by atoms with van der Waals surface area (Å²) in [5.74, 6) is -1.42. The molecule has 0 spiro atoms. The van der Waals surface area contributed by atoms with Crippen molar-refractivity contribution in [2.75, 3.05) is 6.54 Å². The van der Waals surface area contributed by atoms with E-state index in [1.54, 1.807) is 30.9 Å². The number of alkyl halides is 3. The van der Waals surface area contributed by atoms with Crippen molar-refractivity contribution in [3.05, 3.63) is 93.4 Å². The molecule has 1 aromatic heterocycles. The predicted molar refractivity (Wildman–Crippen MR) is 123 cm³/mol. The van der Waals surface area contributed by atoms with Crippen LogP contribution in [-0.4, -0.2) is 34.2 Å². The summed E-state index contributed by atoms with van der Waals surface area (Å²) >= 11 is 1.47. The van der Waals surface area contributed by atoms with Crippen molar-refractivity contribution in [2.45, 2.75) is 39.2 Å². The van der Waals surface area contributed by atoms with Crippen LogP contribution in [-0.2, 0) is 24.1 Å². The summed E-state index contributed by atoms with van der Waals surface area (Å²) < 4.78 is 52.6. The maximum absolute atomic E-state index is 13.3. The van der Waals surface area contributed by atoms with Crippen LogP contribution in [0.5, 0.6) is 0 Å². The number of hydrogen-bond acceptors (Lipinski definition) is 3. The van der Waals surface area contributed by atoms with Gasteiger partial charge in [0.05, 0.1) is 12.1 Å². The van der Waals surface area contributed by atoms with Crippen molar-refractivity contribution in [1.82, 2.24) is 9.80 Å². The number of hydrogen-bond donors (Lipinski definition) is 0. The van der Waals surface area contributed by atoms with Gasteiger partial charge in [0, 0.05) is 23.0 Å². The number of rotatable bonds is 8. The predicted octanol–water partition coefficient (Wildman–Crippen LogP) is 5.99. The molecule has 0 aliphatic rings. The summed E-state index contributed by atoms with van der Waals surface area (Å²) in [7, 11) is 0. The first-order chi connectivity index (χ1) is 16.0. The van der Waals surface area contributed by atoms with E-state index < -0.39 is 29.5 Å². The van der Waals surface area contributed by atoms with Gasteiger partial charge in [0.1, 0.15) is 12.4 Å². The standard InChI is InChI=1S/C25H24F4N2O2S/c1-17(2)31(24(33)19-5-3-6-20(13-19)25(27,28)29)16-23(32)30(15-22-7-4-12-34-22)14-18-8-10-21(26)11-9-18/h3-13,17H,14-16H2,1-2H3. The number of halogens is 4. The highest BCUT2D eigenvalue weighted by atomic mass is 32.1. The summed E-state index contributed by atoms with van der Waals surface area (Å²) in [6, 6.07) is 13.3. The van der Waals surface area contributed by atoms with E-state index in [1.165, 1.54) is 40.5 Å². The molecular formula is C25H24F4N2O2S. The van der Waals surface area contributed by atoms with Crippen molar-refractivity contribution in [3.8, 4) is 0 Å². The van der Waals surface area contributed by atoms with E-state index in [0.717, 1.165) is 17.0 Å². The van der Waals surface area contributed by atoms with Gasteiger partial charge in [0.25, 0.3) is 5.91 Å². The van der Waals surface area contributed by atoms with E-state index in [0.29, 0.717) is 5.56 Å². The van der Waals surface area contributed by atoms with Crippen LogP contribution in [0.2, 0.25) is 0 Å². The molecule has 0 unspecified atom stereocenters. The summed E-state index contributed by atoms with van der Waals surface area (Å²) in [6.45, 7) is 3.57. The minimum atomic E-state index is -4.58. The summed E-state index contributed by atoms with van der Waals surface area (Å²) in [4.78, 5) is 30.1. The fourth-order valence-corrected chi connectivity index (χ4v) is 4.08. The number of thiophene rings is 1. The molecule has 0 aliphatic heterocycles. The molecule has 180 valence electrons. The number of carbonyl (C=O) groups is 2. The minimum Gasteiger partial charge on any atom is -0.332 e. The SMILES string of the molecule is CC(C)N(CC(=O)N(Cc1ccc(F)cc1)Cc1cccs1)C(=O)c1cccc(C(F)(F)F)c1. The highest BCUT2D eigenvalue weighted by Crippen LogP contribution is 2.30. The molecule has 9 heteroatoms. The van der Waals surface area contributed by atoms with E-state index in [2.05, 4.69) is 0 Å². The fourth-order valence-electron chi connectivity index (χ4n) is 3.36. The van der Waals surface area contributed by atoms with Crippen LogP contribution in [0.1, 0.15) is 40.2 Å². The van der Waals surface area contributed by atoms with Crippen LogP contribution in [0.4, 0.5) is 17.6 Å². The molecule has 0 N–H and O–H groups in total. The van der Waals surface area contributed by atoms with Crippen LogP contribution < -0.4 is 0 Å². The molecule has 3 aromatic rings. The highest BCUT2D eigenvalue weighted by molar-refractivity contribution is 7.09. The zero-order valence-electron chi connectivity index (χ0n) is 18.7. The average Bonchev–Trinajstić information content (AvgIpc) is 3.30. The molecule has 4 nitrogen and oxygen atoms in total. The van der Waals surface area contributed by atoms with Crippen molar-refractivity contribution >= 4 is 23.2 Å². The van der Waals surface area contributed by atoms with E-state index >= 15 is 0 Å². The second-order valence-corrected chi connectivity index (χ2v) is 9.09. The van der Waals surface area contributed by atoms with Gasteiger partial charge in [-0.25, -0.2) is 4.39 Å². The van der Waals surface area contributed by atoms with E-state index in [9.17, 15) is 27.2 Å². The minimum absolute atomic E-state index is 0.139. The molecule has 1 heterocycles. The van der Waals surface area contributed by atoms with Gasteiger partial charge in [-0.05, 0) is 61.2 Å². The van der Waals surface area contributed by atoms with Crippen molar-refractivity contribution in [2.24, 2.45) is 0 Å². The highest BCUT2D eigenvalue weighted by Gasteiger charge is 2.32. The average molecular weight is 493 g/mol. The van der Waals surface area contributed by atoms with E-state index in [4.69, 9.17) is 0 Å². The van der Waals surface area contributed by atoms with Crippen molar-refractivity contribution < 1.29 is 27.2 Å². The second kappa shape index (κ2) is 10.8. The van der Waals surface area contributed by atoms with Gasteiger partial charge in [0.15, 0.2) is 0 Å². The Bertz CT molecular complexity index is 1110. The molecule has 0 saturated heterocycles. The van der Waals surface area contributed by atoms with E-state index in [1.807, 2.05) is 17.5 Å². The van der Waals surface area contributed by atoms with Crippen molar-refractivity contribution in [3.63, 3.8) is 0 Å². The molecule has 0 radical (unpaired) electrons. The normalized spacial score (nSPS) is 11.5. The lowest BCUT2D eigenvalue weighted by Crippen LogP contribution is -2.45. The first-order valence-electron chi connectivity index (χ1n) is 10.6. The number of amides is 2. The smallest absolute Gasteiger partial charge is 0.332 e. The molecule has 0 bridgehead atoms. The molecule has 2 aromatic carbocycles. The Balaban J connectivity index is 1.83. The Morgan fingerprint density at radius 3 is 2.26 bits per heavy atom. The quantitative estimate of drug-likeness (QED) is 0.363. The van der Waals surface area contributed by atoms with Gasteiger partial charge in [0.2, 0.25) is 5.91 Å². The summed E-state index contributed by atoms with van der Waals surface area (Å²) in [6.07, 6.45) is -4.58. The third-order valence-electron chi connectivity index (χ3n) is 5.19. The van der Waals surface area contributed by atoms with E-state index in [-0.39, 0.29) is 31.1 Å². The maximum atomic E-state index is 13.3. The van der Waals surface area contributed by atoms with Crippen LogP contribution in [0.3, 0.4) is 0 Å². The van der Waals surface area contributed by atoms with Crippen molar-refractivity contribution in [1.29, 1.82) is 0 Å². The number of carbonyl (C=O) groups excluding carboxylic acids is 2. The second-order valence-electron chi connectivity index (χ2n) is 8.06. The molecule has 0 saturated carbocycles. The third kappa shape index (κ3) is 6.66. The Morgan fingerprint density at radius 1 is 0.971 bits per heavy atom. The van der Waals surface area contributed by atoms with Gasteiger partial charge >= 0.3 is 6.18 Å². The lowest BCUT2D eigenvalue weighted by atomic mass is 10.1. The molecule has 0 aliphatic carbocycles. The van der Waals surface area contributed by atoms with Crippen LogP contribution in [0.25, 0.3) is 0 Å². The van der Waals surface area contributed by atoms with Gasteiger partial charge in [-0.3, -0.25) is 9.59 Å².